The van der Waals surface area contributed by atoms with Gasteiger partial charge in [0.1, 0.15) is 11.6 Å². The number of carbonyl (C=O) groups excluding carboxylic acids is 1. The molecule has 4 rings (SSSR count). The molecular formula is C27H25N3O7S. The fourth-order valence-electron chi connectivity index (χ4n) is 3.65. The van der Waals surface area contributed by atoms with Crippen LogP contribution in [0.1, 0.15) is 26.3 Å². The van der Waals surface area contributed by atoms with E-state index in [1.807, 2.05) is 6.07 Å². The van der Waals surface area contributed by atoms with Gasteiger partial charge in [0.2, 0.25) is 0 Å². The average molecular weight is 536 g/mol. The number of amides is 1. The number of aromatic carboxylic acids is 1. The van der Waals surface area contributed by atoms with Crippen molar-refractivity contribution in [3.8, 4) is 16.9 Å². The van der Waals surface area contributed by atoms with Gasteiger partial charge in [-0.05, 0) is 76.5 Å². The molecule has 0 unspecified atom stereocenters. The van der Waals surface area contributed by atoms with Crippen LogP contribution >= 0.6 is 0 Å². The molecule has 11 heteroatoms. The second kappa shape index (κ2) is 11.5. The summed E-state index contributed by atoms with van der Waals surface area (Å²) in [6.07, 6.45) is 0.715. The summed E-state index contributed by atoms with van der Waals surface area (Å²) in [5.41, 5.74) is 7.92. The molecule has 0 saturated carbocycles. The third-order valence-electron chi connectivity index (χ3n) is 5.33. The molecule has 0 saturated heterocycles. The van der Waals surface area contributed by atoms with Crippen LogP contribution in [0.2, 0.25) is 0 Å². The lowest BCUT2D eigenvalue weighted by atomic mass is 9.92. The summed E-state index contributed by atoms with van der Waals surface area (Å²) in [7, 11) is -2.11. The molecule has 0 aliphatic carbocycles. The van der Waals surface area contributed by atoms with Gasteiger partial charge in [-0.15, -0.1) is 0 Å². The summed E-state index contributed by atoms with van der Waals surface area (Å²) in [5, 5.41) is 21.7. The van der Waals surface area contributed by atoms with Crippen molar-refractivity contribution in [1.29, 1.82) is 5.41 Å². The van der Waals surface area contributed by atoms with Gasteiger partial charge in [-0.1, -0.05) is 24.3 Å². The Bertz CT molecular complexity index is 1620. The van der Waals surface area contributed by atoms with Crippen molar-refractivity contribution in [2.24, 2.45) is 5.73 Å². The van der Waals surface area contributed by atoms with Crippen molar-refractivity contribution in [2.45, 2.75) is 0 Å². The highest BCUT2D eigenvalue weighted by Gasteiger charge is 2.19. The third-order valence-corrected chi connectivity index (χ3v) is 5.33. The van der Waals surface area contributed by atoms with E-state index < -0.39 is 16.1 Å². The summed E-state index contributed by atoms with van der Waals surface area (Å²) < 4.78 is 31.1. The van der Waals surface area contributed by atoms with Crippen LogP contribution in [0.4, 0.5) is 5.69 Å². The molecule has 6 N–H and O–H groups in total. The predicted molar refractivity (Wildman–Crippen MR) is 146 cm³/mol. The van der Waals surface area contributed by atoms with E-state index in [0.29, 0.717) is 39.9 Å². The molecule has 38 heavy (non-hydrogen) atoms. The Kier molecular flexibility index (Phi) is 8.46. The first-order chi connectivity index (χ1) is 17.9. The van der Waals surface area contributed by atoms with E-state index in [1.165, 1.54) is 0 Å². The smallest absolute Gasteiger partial charge is 0.336 e. The Hall–Kier alpha value is -4.74. The van der Waals surface area contributed by atoms with Gasteiger partial charge in [0.25, 0.3) is 16.0 Å². The molecule has 196 valence electrons. The number of ether oxygens (including phenoxy) is 1. The summed E-state index contributed by atoms with van der Waals surface area (Å²) >= 11 is 0. The number of hydrogen-bond donors (Lipinski definition) is 5. The number of nitrogens with one attached hydrogen (secondary N) is 2. The third kappa shape index (κ3) is 7.15. The molecule has 0 bridgehead atoms. The maximum absolute atomic E-state index is 13.1. The monoisotopic (exact) mass is 535 g/mol. The first-order valence-electron chi connectivity index (χ1n) is 11.0. The van der Waals surface area contributed by atoms with Gasteiger partial charge in [-0.2, -0.15) is 8.42 Å². The first-order valence-corrected chi connectivity index (χ1v) is 12.8. The molecule has 0 radical (unpaired) electrons. The number of anilines is 1. The lowest BCUT2D eigenvalue weighted by Gasteiger charge is -2.14. The number of benzene rings is 4. The highest BCUT2D eigenvalue weighted by Crippen LogP contribution is 2.33. The molecule has 0 aromatic heterocycles. The van der Waals surface area contributed by atoms with Crippen molar-refractivity contribution >= 4 is 44.3 Å². The zero-order valence-corrected chi connectivity index (χ0v) is 21.2. The molecule has 10 nitrogen and oxygen atoms in total. The number of amidine groups is 1. The lowest BCUT2D eigenvalue weighted by Crippen LogP contribution is -2.14. The molecule has 0 fully saturated rings. The van der Waals surface area contributed by atoms with Crippen molar-refractivity contribution in [3.05, 3.63) is 95.6 Å². The maximum atomic E-state index is 13.1. The highest BCUT2D eigenvalue weighted by atomic mass is 32.2. The topological polar surface area (TPSA) is 180 Å². The predicted octanol–water partition coefficient (Wildman–Crippen LogP) is 4.25. The normalized spacial score (nSPS) is 10.7. The summed E-state index contributed by atoms with van der Waals surface area (Å²) in [4.78, 5) is 25.2. The van der Waals surface area contributed by atoms with E-state index in [9.17, 15) is 23.1 Å². The van der Waals surface area contributed by atoms with E-state index in [4.69, 9.17) is 20.4 Å². The maximum Gasteiger partial charge on any atom is 0.336 e. The Balaban J connectivity index is 0.000000732. The first kappa shape index (κ1) is 27.8. The van der Waals surface area contributed by atoms with Crippen LogP contribution in [-0.2, 0) is 10.1 Å². The zero-order valence-electron chi connectivity index (χ0n) is 20.4. The molecular weight excluding hydrogens is 510 g/mol. The number of hydrogen-bond acceptors (Lipinski definition) is 6. The molecule has 0 heterocycles. The molecule has 4 aromatic rings. The van der Waals surface area contributed by atoms with Gasteiger partial charge in [0, 0.05) is 16.8 Å². The Morgan fingerprint density at radius 2 is 1.53 bits per heavy atom. The fraction of sp³-hybridized carbons (Fsp3) is 0.0741. The van der Waals surface area contributed by atoms with Crippen LogP contribution in [0.15, 0.2) is 78.9 Å². The van der Waals surface area contributed by atoms with Crippen LogP contribution in [0.3, 0.4) is 0 Å². The van der Waals surface area contributed by atoms with Crippen LogP contribution in [0.25, 0.3) is 21.9 Å². The Morgan fingerprint density at radius 1 is 0.895 bits per heavy atom. The minimum Gasteiger partial charge on any atom is -0.497 e. The molecule has 0 atom stereocenters. The van der Waals surface area contributed by atoms with E-state index in [1.54, 1.807) is 79.9 Å². The SMILES string of the molecule is COc1ccc2cc(-c3ccccc3C(=O)Nc3ccc(C(=N)N)cc3)c(C(=O)O)cc2c1.CS(=O)(=O)O. The van der Waals surface area contributed by atoms with E-state index in [0.717, 1.165) is 10.8 Å². The summed E-state index contributed by atoms with van der Waals surface area (Å²) in [6, 6.07) is 22.2. The molecule has 4 aromatic carbocycles. The Labute approximate surface area is 218 Å². The number of nitrogen functional groups attached to an aromatic ring is 1. The van der Waals surface area contributed by atoms with E-state index >= 15 is 0 Å². The highest BCUT2D eigenvalue weighted by molar-refractivity contribution is 7.85. The number of nitrogens with two attached hydrogens (primary N) is 1. The van der Waals surface area contributed by atoms with E-state index in [2.05, 4.69) is 5.32 Å². The fourth-order valence-corrected chi connectivity index (χ4v) is 3.65. The van der Waals surface area contributed by atoms with Gasteiger partial charge in [0.05, 0.1) is 18.9 Å². The number of carbonyl (C=O) groups is 2. The Morgan fingerprint density at radius 3 is 2.11 bits per heavy atom. The lowest BCUT2D eigenvalue weighted by molar-refractivity contribution is 0.0697. The van der Waals surface area contributed by atoms with Crippen molar-refractivity contribution in [1.82, 2.24) is 0 Å². The largest absolute Gasteiger partial charge is 0.497 e. The number of carboxylic acids is 1. The number of carboxylic acid groups (broad SMARTS) is 1. The van der Waals surface area contributed by atoms with Gasteiger partial charge in [-0.3, -0.25) is 14.8 Å². The van der Waals surface area contributed by atoms with Crippen LogP contribution in [-0.4, -0.2) is 49.2 Å². The minimum absolute atomic E-state index is 0.0617. The second-order valence-electron chi connectivity index (χ2n) is 8.14. The van der Waals surface area contributed by atoms with Gasteiger partial charge in [-0.25, -0.2) is 4.79 Å². The standard InChI is InChI=1S/C26H21N3O4.CH4O3S/c1-33-19-11-8-16-13-22(23(26(31)32)14-17(16)12-19)20-4-2-3-5-21(20)25(30)29-18-9-6-15(7-10-18)24(27)28;1-5(2,3)4/h2-14H,1H3,(H3,27,28)(H,29,30)(H,31,32);1H3,(H,2,3,4). The van der Waals surface area contributed by atoms with Gasteiger partial charge >= 0.3 is 5.97 Å². The van der Waals surface area contributed by atoms with Gasteiger partial charge in [0.15, 0.2) is 0 Å². The quantitative estimate of drug-likeness (QED) is 0.138. The van der Waals surface area contributed by atoms with E-state index in [-0.39, 0.29) is 17.3 Å². The molecule has 0 spiro atoms. The van der Waals surface area contributed by atoms with Crippen LogP contribution in [0.5, 0.6) is 5.75 Å². The van der Waals surface area contributed by atoms with Crippen molar-refractivity contribution in [3.63, 3.8) is 0 Å². The minimum atomic E-state index is -3.67. The van der Waals surface area contributed by atoms with Crippen LogP contribution in [0, 0.1) is 5.41 Å². The number of methoxy groups -OCH3 is 1. The van der Waals surface area contributed by atoms with Gasteiger partial charge < -0.3 is 20.9 Å². The van der Waals surface area contributed by atoms with Crippen molar-refractivity contribution in [2.75, 3.05) is 18.7 Å². The number of rotatable bonds is 6. The summed E-state index contributed by atoms with van der Waals surface area (Å²) in [6.45, 7) is 0. The van der Waals surface area contributed by atoms with Crippen LogP contribution < -0.4 is 15.8 Å². The average Bonchev–Trinajstić information content (AvgIpc) is 2.86. The number of fused-ring (bicyclic) bond motifs is 1. The molecule has 0 aliphatic heterocycles. The molecule has 0 aliphatic rings. The summed E-state index contributed by atoms with van der Waals surface area (Å²) in [5.74, 6) is -0.910. The van der Waals surface area contributed by atoms with Crippen molar-refractivity contribution < 1.29 is 32.4 Å². The molecule has 1 amide bonds. The second-order valence-corrected chi connectivity index (χ2v) is 9.61. The zero-order chi connectivity index (χ0) is 28.0.